The number of sulfonamides is 1. The lowest BCUT2D eigenvalue weighted by molar-refractivity contribution is -0.123. The summed E-state index contributed by atoms with van der Waals surface area (Å²) in [4.78, 5) is 12.0. The smallest absolute Gasteiger partial charge is 0.371 e. The maximum atomic E-state index is 12.4. The molecule has 1 N–H and O–H groups in total. The zero-order valence-corrected chi connectivity index (χ0v) is 14.2. The highest BCUT2D eigenvalue weighted by molar-refractivity contribution is 7.90. The molecule has 1 fully saturated rings. The lowest BCUT2D eigenvalue weighted by Gasteiger charge is -2.26. The molecular formula is C15H18F3NO5S. The summed E-state index contributed by atoms with van der Waals surface area (Å²) in [5.74, 6) is -1.99. The minimum absolute atomic E-state index is 0.0317. The topological polar surface area (TPSA) is 85.0 Å². The van der Waals surface area contributed by atoms with Gasteiger partial charge < -0.3 is 9.47 Å². The molecule has 2 aliphatic carbocycles. The number of hydrogen-bond acceptors (Lipinski definition) is 5. The highest BCUT2D eigenvalue weighted by Gasteiger charge is 2.48. The summed E-state index contributed by atoms with van der Waals surface area (Å²) in [6, 6.07) is 0. The third kappa shape index (κ3) is 3.90. The second kappa shape index (κ2) is 6.40. The summed E-state index contributed by atoms with van der Waals surface area (Å²) < 4.78 is 71.3. The van der Waals surface area contributed by atoms with Gasteiger partial charge in [0, 0.05) is 11.8 Å². The number of epoxide rings is 1. The molecule has 140 valence electrons. The van der Waals surface area contributed by atoms with E-state index in [9.17, 15) is 26.4 Å². The Morgan fingerprint density at radius 3 is 2.68 bits per heavy atom. The maximum absolute atomic E-state index is 12.4. The lowest BCUT2D eigenvalue weighted by atomic mass is 9.87. The highest BCUT2D eigenvalue weighted by atomic mass is 32.2. The van der Waals surface area contributed by atoms with E-state index in [0.717, 1.165) is 15.9 Å². The van der Waals surface area contributed by atoms with Crippen molar-refractivity contribution in [3.05, 3.63) is 23.3 Å². The molecule has 0 aromatic heterocycles. The van der Waals surface area contributed by atoms with E-state index in [0.29, 0.717) is 13.2 Å². The summed E-state index contributed by atoms with van der Waals surface area (Å²) in [6.45, 7) is 3.06. The average molecular weight is 381 g/mol. The Hall–Kier alpha value is -1.39. The van der Waals surface area contributed by atoms with Gasteiger partial charge in [0.1, 0.15) is 6.10 Å². The molecule has 0 bridgehead atoms. The van der Waals surface area contributed by atoms with Crippen molar-refractivity contribution in [1.82, 2.24) is 4.72 Å². The van der Waals surface area contributed by atoms with Gasteiger partial charge in [-0.15, -0.1) is 0 Å². The Morgan fingerprint density at radius 2 is 2.08 bits per heavy atom. The van der Waals surface area contributed by atoms with Gasteiger partial charge in [-0.1, -0.05) is 24.6 Å². The average Bonchev–Trinajstić information content (AvgIpc) is 3.21. The minimum atomic E-state index is -5.68. The number of halogens is 3. The molecule has 10 heteroatoms. The van der Waals surface area contributed by atoms with E-state index in [1.165, 1.54) is 0 Å². The van der Waals surface area contributed by atoms with Crippen LogP contribution in [0.5, 0.6) is 0 Å². The van der Waals surface area contributed by atoms with E-state index in [1.54, 1.807) is 6.08 Å². The van der Waals surface area contributed by atoms with E-state index >= 15 is 0 Å². The summed E-state index contributed by atoms with van der Waals surface area (Å²) in [5, 5.41) is 0. The predicted molar refractivity (Wildman–Crippen MR) is 80.7 cm³/mol. The first-order valence-electron chi connectivity index (χ1n) is 7.84. The fourth-order valence-electron chi connectivity index (χ4n) is 3.14. The SMILES string of the molecule is CC1C2=C(C=CC1OCC1CO1)CC(C(=O)NS(=O)(=O)C(F)(F)F)C2. The molecule has 25 heavy (non-hydrogen) atoms. The number of ether oxygens (including phenoxy) is 2. The van der Waals surface area contributed by atoms with Crippen molar-refractivity contribution < 1.29 is 35.9 Å². The van der Waals surface area contributed by atoms with E-state index < -0.39 is 27.4 Å². The van der Waals surface area contributed by atoms with E-state index in [4.69, 9.17) is 9.47 Å². The van der Waals surface area contributed by atoms with Crippen LogP contribution in [0.2, 0.25) is 0 Å². The molecule has 6 nitrogen and oxygen atoms in total. The zero-order chi connectivity index (χ0) is 18.4. The molecule has 1 aliphatic heterocycles. The van der Waals surface area contributed by atoms with Gasteiger partial charge in [-0.25, -0.2) is 4.72 Å². The number of alkyl halides is 3. The number of nitrogens with one attached hydrogen (secondary N) is 1. The van der Waals surface area contributed by atoms with Gasteiger partial charge in [0.15, 0.2) is 0 Å². The van der Waals surface area contributed by atoms with E-state index in [1.807, 2.05) is 13.0 Å². The normalized spacial score (nSPS) is 31.8. The van der Waals surface area contributed by atoms with Gasteiger partial charge in [0.25, 0.3) is 0 Å². The predicted octanol–water partition coefficient (Wildman–Crippen LogP) is 1.65. The number of carbonyl (C=O) groups is 1. The Balaban J connectivity index is 1.60. The molecule has 4 atom stereocenters. The van der Waals surface area contributed by atoms with Crippen molar-refractivity contribution in [3.8, 4) is 0 Å². The van der Waals surface area contributed by atoms with Crippen LogP contribution in [0.3, 0.4) is 0 Å². The van der Waals surface area contributed by atoms with Crippen LogP contribution >= 0.6 is 0 Å². The minimum Gasteiger partial charge on any atom is -0.371 e. The fraction of sp³-hybridized carbons (Fsp3) is 0.667. The monoisotopic (exact) mass is 381 g/mol. The zero-order valence-electron chi connectivity index (χ0n) is 13.4. The van der Waals surface area contributed by atoms with Crippen molar-refractivity contribution in [2.45, 2.75) is 37.5 Å². The number of rotatable bonds is 5. The van der Waals surface area contributed by atoms with Gasteiger partial charge in [0.2, 0.25) is 5.91 Å². The Labute approximate surface area is 143 Å². The third-order valence-electron chi connectivity index (χ3n) is 4.66. The third-order valence-corrected chi connectivity index (χ3v) is 5.74. The molecule has 0 aromatic rings. The molecule has 1 amide bonds. The Morgan fingerprint density at radius 1 is 1.40 bits per heavy atom. The first-order chi connectivity index (χ1) is 11.6. The summed E-state index contributed by atoms with van der Waals surface area (Å²) in [5.41, 5.74) is -3.72. The summed E-state index contributed by atoms with van der Waals surface area (Å²) in [6.07, 6.45) is 4.03. The van der Waals surface area contributed by atoms with Crippen LogP contribution in [-0.2, 0) is 24.3 Å². The molecule has 0 radical (unpaired) electrons. The quantitative estimate of drug-likeness (QED) is 0.732. The molecule has 3 aliphatic rings. The van der Waals surface area contributed by atoms with Crippen LogP contribution in [0, 0.1) is 11.8 Å². The summed E-state index contributed by atoms with van der Waals surface area (Å²) >= 11 is 0. The van der Waals surface area contributed by atoms with Crippen LogP contribution in [0.15, 0.2) is 23.3 Å². The molecule has 1 saturated heterocycles. The molecule has 0 saturated carbocycles. The van der Waals surface area contributed by atoms with E-state index in [2.05, 4.69) is 0 Å². The number of carbonyl (C=O) groups excluding carboxylic acids is 1. The fourth-order valence-corrected chi connectivity index (χ4v) is 3.68. The number of amides is 1. The second-order valence-electron chi connectivity index (χ2n) is 6.47. The molecular weight excluding hydrogens is 363 g/mol. The first kappa shape index (κ1) is 18.4. The van der Waals surface area contributed by atoms with Crippen LogP contribution in [-0.4, -0.2) is 45.3 Å². The molecule has 0 spiro atoms. The van der Waals surface area contributed by atoms with Crippen molar-refractivity contribution in [2.75, 3.05) is 13.2 Å². The van der Waals surface area contributed by atoms with Crippen LogP contribution in [0.1, 0.15) is 19.8 Å². The maximum Gasteiger partial charge on any atom is 0.516 e. The Bertz CT molecular complexity index is 724. The standard InChI is InChI=1S/C15H18F3NO5S/c1-8-12-5-10(14(20)19-25(21,22)15(16,17)18)4-9(12)2-3-13(8)24-7-11-6-23-11/h2-3,8,10-11,13H,4-7H2,1H3,(H,19,20). The highest BCUT2D eigenvalue weighted by Crippen LogP contribution is 2.41. The molecule has 1 heterocycles. The van der Waals surface area contributed by atoms with Gasteiger partial charge in [-0.05, 0) is 18.4 Å². The van der Waals surface area contributed by atoms with Gasteiger partial charge in [-0.2, -0.15) is 21.6 Å². The van der Waals surface area contributed by atoms with Gasteiger partial charge >= 0.3 is 15.5 Å². The van der Waals surface area contributed by atoms with Gasteiger partial charge in [0.05, 0.1) is 19.3 Å². The lowest BCUT2D eigenvalue weighted by Crippen LogP contribution is -2.42. The summed E-state index contributed by atoms with van der Waals surface area (Å²) in [7, 11) is -5.68. The van der Waals surface area contributed by atoms with Crippen LogP contribution in [0.25, 0.3) is 0 Å². The van der Waals surface area contributed by atoms with Gasteiger partial charge in [-0.3, -0.25) is 4.79 Å². The van der Waals surface area contributed by atoms with E-state index in [-0.39, 0.29) is 31.0 Å². The van der Waals surface area contributed by atoms with Crippen molar-refractivity contribution in [1.29, 1.82) is 0 Å². The second-order valence-corrected chi connectivity index (χ2v) is 8.15. The van der Waals surface area contributed by atoms with Crippen LogP contribution in [0.4, 0.5) is 13.2 Å². The molecule has 3 rings (SSSR count). The van der Waals surface area contributed by atoms with Crippen molar-refractivity contribution in [2.24, 2.45) is 11.8 Å². The first-order valence-corrected chi connectivity index (χ1v) is 9.33. The molecule has 0 aromatic carbocycles. The van der Waals surface area contributed by atoms with Crippen LogP contribution < -0.4 is 4.72 Å². The largest absolute Gasteiger partial charge is 0.516 e. The Kier molecular flexibility index (Phi) is 4.71. The number of hydrogen-bond donors (Lipinski definition) is 1. The molecule has 4 unspecified atom stereocenters. The van der Waals surface area contributed by atoms with Crippen molar-refractivity contribution in [3.63, 3.8) is 0 Å². The van der Waals surface area contributed by atoms with Crippen molar-refractivity contribution >= 4 is 15.9 Å². The number of allylic oxidation sites excluding steroid dienone is 2.